The van der Waals surface area contributed by atoms with E-state index in [2.05, 4.69) is 25.6 Å². The average Bonchev–Trinajstić information content (AvgIpc) is 2.62. The molecule has 0 atom stereocenters. The van der Waals surface area contributed by atoms with Gasteiger partial charge in [-0.05, 0) is 31.0 Å². The second kappa shape index (κ2) is 9.11. The van der Waals surface area contributed by atoms with Crippen LogP contribution in [0.5, 0.6) is 0 Å². The van der Waals surface area contributed by atoms with Gasteiger partial charge in [0.1, 0.15) is 17.5 Å². The maximum Gasteiger partial charge on any atom is 0.229 e. The second-order valence-corrected chi connectivity index (χ2v) is 5.90. The summed E-state index contributed by atoms with van der Waals surface area (Å²) in [5, 5.41) is 11.1. The van der Waals surface area contributed by atoms with Crippen molar-refractivity contribution in [1.29, 1.82) is 0 Å². The number of hydrogen-bond donors (Lipinski definition) is 4. The van der Waals surface area contributed by atoms with Crippen molar-refractivity contribution >= 4 is 29.9 Å². The van der Waals surface area contributed by atoms with E-state index in [4.69, 9.17) is 10.9 Å². The third-order valence-corrected chi connectivity index (χ3v) is 3.87. The normalized spacial score (nSPS) is 11.8. The van der Waals surface area contributed by atoms with Crippen LogP contribution in [0.2, 0.25) is 0 Å². The van der Waals surface area contributed by atoms with Crippen LogP contribution in [0.15, 0.2) is 40.1 Å². The first-order chi connectivity index (χ1) is 12.5. The number of rotatable bonds is 7. The Bertz CT molecular complexity index is 816. The molecule has 7 nitrogen and oxygen atoms in total. The molecule has 0 saturated heterocycles. The number of nitrogens with zero attached hydrogens (tertiary/aromatic N) is 3. The average molecular weight is 379 g/mol. The minimum Gasteiger partial charge on any atom is -0.403 e. The molecular formula is C16H19F2N7S. The molecule has 0 unspecified atom stereocenters. The highest BCUT2D eigenvalue weighted by Gasteiger charge is 2.12. The van der Waals surface area contributed by atoms with Crippen molar-refractivity contribution in [1.82, 2.24) is 9.97 Å². The standard InChI is InChI=1S/C16H19F2N7S/c1-9-6-23-16(24-10(5-19)7-21-2)25-15(9)22-8-12-13(17)3-11(26-20)4-14(12)18/h3-7H,8,19-20H2,1-2H3,(H2,22,23,24,25)/b10-5+,21-7?. The first-order valence-electron chi connectivity index (χ1n) is 7.51. The summed E-state index contributed by atoms with van der Waals surface area (Å²) < 4.78 is 28.1. The molecule has 10 heteroatoms. The van der Waals surface area contributed by atoms with Gasteiger partial charge < -0.3 is 16.4 Å². The zero-order valence-corrected chi connectivity index (χ0v) is 15.1. The molecule has 0 radical (unpaired) electrons. The van der Waals surface area contributed by atoms with E-state index in [1.54, 1.807) is 20.2 Å². The Hall–Kier alpha value is -2.72. The molecule has 0 aliphatic carbocycles. The van der Waals surface area contributed by atoms with E-state index in [1.807, 2.05) is 0 Å². The minimum atomic E-state index is -0.678. The van der Waals surface area contributed by atoms with Crippen molar-refractivity contribution in [2.24, 2.45) is 15.9 Å². The van der Waals surface area contributed by atoms with E-state index in [0.717, 1.165) is 11.9 Å². The monoisotopic (exact) mass is 379 g/mol. The molecule has 6 N–H and O–H groups in total. The van der Waals surface area contributed by atoms with Crippen LogP contribution in [0, 0.1) is 18.6 Å². The number of nitrogens with two attached hydrogens (primary N) is 2. The van der Waals surface area contributed by atoms with E-state index in [-0.39, 0.29) is 18.1 Å². The molecule has 0 aliphatic heterocycles. The molecule has 0 fully saturated rings. The van der Waals surface area contributed by atoms with Crippen molar-refractivity contribution in [3.63, 3.8) is 0 Å². The van der Waals surface area contributed by atoms with Crippen molar-refractivity contribution in [3.05, 3.63) is 53.0 Å². The molecule has 0 amide bonds. The fraction of sp³-hybridized carbons (Fsp3) is 0.188. The molecule has 0 aliphatic rings. The SMILES string of the molecule is CN=C/C(=C\N)Nc1ncc(C)c(NCc2c(F)cc(SN)cc2F)n1. The third kappa shape index (κ3) is 4.90. The Morgan fingerprint density at radius 2 is 2.04 bits per heavy atom. The maximum absolute atomic E-state index is 14.1. The summed E-state index contributed by atoms with van der Waals surface area (Å²) in [6.45, 7) is 1.70. The van der Waals surface area contributed by atoms with Crippen LogP contribution in [0.1, 0.15) is 11.1 Å². The Balaban J connectivity index is 2.19. The summed E-state index contributed by atoms with van der Waals surface area (Å²) in [4.78, 5) is 12.6. The summed E-state index contributed by atoms with van der Waals surface area (Å²) in [5.41, 5.74) is 6.61. The Labute approximate surface area is 154 Å². The van der Waals surface area contributed by atoms with E-state index >= 15 is 0 Å². The molecule has 1 aromatic carbocycles. The molecule has 0 spiro atoms. The van der Waals surface area contributed by atoms with E-state index in [9.17, 15) is 8.78 Å². The van der Waals surface area contributed by atoms with Gasteiger partial charge in [-0.2, -0.15) is 4.98 Å². The zero-order valence-electron chi connectivity index (χ0n) is 14.3. The Morgan fingerprint density at radius 3 is 2.62 bits per heavy atom. The van der Waals surface area contributed by atoms with Gasteiger partial charge in [0.2, 0.25) is 5.95 Å². The van der Waals surface area contributed by atoms with Crippen LogP contribution in [-0.4, -0.2) is 23.2 Å². The van der Waals surface area contributed by atoms with Gasteiger partial charge >= 0.3 is 0 Å². The van der Waals surface area contributed by atoms with Crippen molar-refractivity contribution in [2.45, 2.75) is 18.4 Å². The second-order valence-electron chi connectivity index (χ2n) is 5.20. The molecule has 2 rings (SSSR count). The highest BCUT2D eigenvalue weighted by Crippen LogP contribution is 2.22. The predicted octanol–water partition coefficient (Wildman–Crippen LogP) is 2.55. The zero-order chi connectivity index (χ0) is 19.1. The van der Waals surface area contributed by atoms with E-state index in [1.165, 1.54) is 24.5 Å². The molecule has 2 aromatic rings. The van der Waals surface area contributed by atoms with Crippen molar-refractivity contribution < 1.29 is 8.78 Å². The molecule has 0 bridgehead atoms. The lowest BCUT2D eigenvalue weighted by atomic mass is 10.2. The minimum absolute atomic E-state index is 0.0829. The highest BCUT2D eigenvalue weighted by molar-refractivity contribution is 7.97. The summed E-state index contributed by atoms with van der Waals surface area (Å²) in [7, 11) is 1.60. The summed E-state index contributed by atoms with van der Waals surface area (Å²) in [5.74, 6) is -0.653. The van der Waals surface area contributed by atoms with Crippen LogP contribution >= 0.6 is 11.9 Å². The molecule has 0 saturated carbocycles. The molecule has 1 heterocycles. The first-order valence-corrected chi connectivity index (χ1v) is 8.39. The molecule has 1 aromatic heterocycles. The van der Waals surface area contributed by atoms with Crippen LogP contribution in [-0.2, 0) is 6.54 Å². The number of halogens is 2. The van der Waals surface area contributed by atoms with Gasteiger partial charge in [-0.3, -0.25) is 10.1 Å². The maximum atomic E-state index is 14.1. The summed E-state index contributed by atoms with van der Waals surface area (Å²) in [6.07, 6.45) is 4.42. The lowest BCUT2D eigenvalue weighted by Crippen LogP contribution is -2.11. The van der Waals surface area contributed by atoms with Gasteiger partial charge in [0, 0.05) is 48.2 Å². The van der Waals surface area contributed by atoms with Gasteiger partial charge in [0.25, 0.3) is 0 Å². The number of benzene rings is 1. The topological polar surface area (TPSA) is 114 Å². The number of aliphatic imine (C=N–C) groups is 1. The van der Waals surface area contributed by atoms with Crippen LogP contribution in [0.25, 0.3) is 0 Å². The van der Waals surface area contributed by atoms with Gasteiger partial charge in [0.05, 0.1) is 5.70 Å². The smallest absolute Gasteiger partial charge is 0.229 e. The number of hydrogen-bond acceptors (Lipinski definition) is 8. The molecular weight excluding hydrogens is 360 g/mol. The van der Waals surface area contributed by atoms with Gasteiger partial charge in [0.15, 0.2) is 0 Å². The van der Waals surface area contributed by atoms with Crippen LogP contribution in [0.3, 0.4) is 0 Å². The Morgan fingerprint density at radius 1 is 1.35 bits per heavy atom. The fourth-order valence-electron chi connectivity index (χ4n) is 2.06. The number of allylic oxidation sites excluding steroid dienone is 1. The van der Waals surface area contributed by atoms with Crippen LogP contribution in [0.4, 0.5) is 20.5 Å². The first kappa shape index (κ1) is 19.6. The predicted molar refractivity (Wildman–Crippen MR) is 101 cm³/mol. The van der Waals surface area contributed by atoms with Gasteiger partial charge in [-0.15, -0.1) is 0 Å². The lowest BCUT2D eigenvalue weighted by Gasteiger charge is -2.12. The van der Waals surface area contributed by atoms with Crippen molar-refractivity contribution in [3.8, 4) is 0 Å². The van der Waals surface area contributed by atoms with Crippen molar-refractivity contribution in [2.75, 3.05) is 17.7 Å². The van der Waals surface area contributed by atoms with Gasteiger partial charge in [-0.1, -0.05) is 0 Å². The van der Waals surface area contributed by atoms with Gasteiger partial charge in [-0.25, -0.2) is 13.8 Å². The Kier molecular flexibility index (Phi) is 6.87. The highest BCUT2D eigenvalue weighted by atomic mass is 32.2. The summed E-state index contributed by atoms with van der Waals surface area (Å²) >= 11 is 0.781. The largest absolute Gasteiger partial charge is 0.403 e. The fourth-order valence-corrected chi connectivity index (χ4v) is 2.40. The number of aryl methyl sites for hydroxylation is 1. The number of nitrogens with one attached hydrogen (secondary N) is 2. The molecule has 138 valence electrons. The quantitative estimate of drug-likeness (QED) is 0.432. The third-order valence-electron chi connectivity index (χ3n) is 3.36. The van der Waals surface area contributed by atoms with Crippen LogP contribution < -0.4 is 21.5 Å². The lowest BCUT2D eigenvalue weighted by molar-refractivity contribution is 0.554. The molecule has 26 heavy (non-hydrogen) atoms. The number of aromatic nitrogens is 2. The van der Waals surface area contributed by atoms with E-state index < -0.39 is 11.6 Å². The van der Waals surface area contributed by atoms with E-state index in [0.29, 0.717) is 22.0 Å². The summed E-state index contributed by atoms with van der Waals surface area (Å²) in [6, 6.07) is 2.37. The number of anilines is 2.